The molecule has 194 valence electrons. The van der Waals surface area contributed by atoms with Gasteiger partial charge in [-0.1, -0.05) is 24.3 Å². The molecule has 1 N–H and O–H groups in total. The van der Waals surface area contributed by atoms with Crippen molar-refractivity contribution >= 4 is 23.4 Å². The van der Waals surface area contributed by atoms with Gasteiger partial charge in [0.1, 0.15) is 5.54 Å². The highest BCUT2D eigenvalue weighted by Crippen LogP contribution is 2.57. The molecule has 2 aromatic rings. The second kappa shape index (κ2) is 9.89. The molecule has 2 bridgehead atoms. The maximum absolute atomic E-state index is 14.4. The summed E-state index contributed by atoms with van der Waals surface area (Å²) in [5.74, 6) is -0.291. The Morgan fingerprint density at radius 2 is 1.89 bits per heavy atom. The highest BCUT2D eigenvalue weighted by atomic mass is 16.2. The lowest BCUT2D eigenvalue weighted by Crippen LogP contribution is -2.56. The zero-order chi connectivity index (χ0) is 25.4. The summed E-state index contributed by atoms with van der Waals surface area (Å²) in [5.41, 5.74) is 2.04. The van der Waals surface area contributed by atoms with Crippen molar-refractivity contribution in [3.63, 3.8) is 0 Å². The Balaban J connectivity index is 1.26. The number of carbonyl (C=O) groups excluding carboxylic acids is 3. The molecule has 0 unspecified atom stereocenters. The molecule has 5 heterocycles. The average Bonchev–Trinajstić information content (AvgIpc) is 3.58. The first-order valence-corrected chi connectivity index (χ1v) is 13.7. The number of fused-ring (bicyclic) bond motifs is 4. The Bertz CT molecular complexity index is 1190. The number of hydrogen-bond donors (Lipinski definition) is 1. The van der Waals surface area contributed by atoms with Gasteiger partial charge < -0.3 is 15.1 Å². The third kappa shape index (κ3) is 4.02. The topological polar surface area (TPSA) is 85.9 Å². The van der Waals surface area contributed by atoms with Crippen LogP contribution in [0.5, 0.6) is 0 Å². The third-order valence-corrected chi connectivity index (χ3v) is 8.75. The normalized spacial score (nSPS) is 28.0. The molecule has 1 aromatic heterocycles. The number of rotatable bonds is 3. The lowest BCUT2D eigenvalue weighted by atomic mass is 9.78. The van der Waals surface area contributed by atoms with Gasteiger partial charge in [0.15, 0.2) is 0 Å². The summed E-state index contributed by atoms with van der Waals surface area (Å²) in [4.78, 5) is 51.4. The van der Waals surface area contributed by atoms with Crippen molar-refractivity contribution in [2.24, 2.45) is 5.92 Å². The van der Waals surface area contributed by atoms with Crippen molar-refractivity contribution in [1.29, 1.82) is 0 Å². The van der Waals surface area contributed by atoms with E-state index in [1.807, 2.05) is 46.2 Å². The molecule has 4 aliphatic heterocycles. The van der Waals surface area contributed by atoms with Crippen molar-refractivity contribution in [2.75, 3.05) is 37.6 Å². The van der Waals surface area contributed by atoms with E-state index in [4.69, 9.17) is 0 Å². The van der Waals surface area contributed by atoms with E-state index >= 15 is 0 Å². The van der Waals surface area contributed by atoms with Gasteiger partial charge in [-0.2, -0.15) is 0 Å². The molecular weight excluding hydrogens is 466 g/mol. The van der Waals surface area contributed by atoms with Crippen LogP contribution in [0.4, 0.5) is 5.69 Å². The summed E-state index contributed by atoms with van der Waals surface area (Å²) in [6.45, 7) is 3.08. The Labute approximate surface area is 218 Å². The molecule has 3 amide bonds. The van der Waals surface area contributed by atoms with Gasteiger partial charge in [-0.15, -0.1) is 0 Å². The Hall–Kier alpha value is -3.26. The minimum absolute atomic E-state index is 0.0342. The summed E-state index contributed by atoms with van der Waals surface area (Å²) >= 11 is 0. The maximum Gasteiger partial charge on any atom is 0.253 e. The van der Waals surface area contributed by atoms with Crippen LogP contribution in [0.15, 0.2) is 48.8 Å². The molecular formula is C29H35N5O3. The van der Waals surface area contributed by atoms with E-state index in [0.29, 0.717) is 51.9 Å². The quantitative estimate of drug-likeness (QED) is 0.699. The highest BCUT2D eigenvalue weighted by molar-refractivity contribution is 6.10. The van der Waals surface area contributed by atoms with Gasteiger partial charge in [-0.3, -0.25) is 24.3 Å². The summed E-state index contributed by atoms with van der Waals surface area (Å²) in [6.07, 6.45) is 8.83. The van der Waals surface area contributed by atoms with E-state index in [0.717, 1.165) is 42.6 Å². The summed E-state index contributed by atoms with van der Waals surface area (Å²) in [5, 5.41) is 3.15. The molecule has 8 heteroatoms. The number of amides is 3. The van der Waals surface area contributed by atoms with Gasteiger partial charge in [0.2, 0.25) is 11.8 Å². The maximum atomic E-state index is 14.4. The summed E-state index contributed by atoms with van der Waals surface area (Å²) in [6, 6.07) is 12.2. The predicted molar refractivity (Wildman–Crippen MR) is 140 cm³/mol. The highest BCUT2D eigenvalue weighted by Gasteiger charge is 2.66. The van der Waals surface area contributed by atoms with Crippen molar-refractivity contribution in [3.8, 4) is 0 Å². The average molecular weight is 502 g/mol. The lowest BCUT2D eigenvalue weighted by Gasteiger charge is -2.37. The molecule has 4 aliphatic rings. The van der Waals surface area contributed by atoms with Gasteiger partial charge >= 0.3 is 0 Å². The standard InChI is InChI=1S/C29H35N5O3/c35-26(12-11-21-7-3-13-30-20-21)32-15-5-14-31-27(36)24-19-22-8-4-18-34(22)29(24)23-9-1-2-10-25(23)33(28(29)37)17-6-16-32/h1-3,7,9-10,13,20,22,24H,4-6,8,11-12,14-19H2,(H,31,36)/t22-,24+,29+/m0/s1. The third-order valence-electron chi connectivity index (χ3n) is 8.75. The zero-order valence-corrected chi connectivity index (χ0v) is 21.3. The SMILES string of the molecule is O=C1NCCCN(C(=O)CCc2cccnc2)CCCN2C(=O)[C@@]3(c4ccccc42)[C@@H]1C[C@@H]1CCCN13. The fourth-order valence-corrected chi connectivity index (χ4v) is 7.12. The number of benzene rings is 1. The number of anilines is 1. The number of carbonyl (C=O) groups is 3. The monoisotopic (exact) mass is 501 g/mol. The number of aromatic nitrogens is 1. The molecule has 0 aliphatic carbocycles. The second-order valence-electron chi connectivity index (χ2n) is 10.8. The van der Waals surface area contributed by atoms with Gasteiger partial charge in [0, 0.05) is 62.3 Å². The molecule has 3 atom stereocenters. The smallest absolute Gasteiger partial charge is 0.253 e. The van der Waals surface area contributed by atoms with Crippen molar-refractivity contribution < 1.29 is 14.4 Å². The first-order valence-electron chi connectivity index (χ1n) is 13.7. The van der Waals surface area contributed by atoms with Gasteiger partial charge in [-0.25, -0.2) is 0 Å². The Morgan fingerprint density at radius 1 is 1.03 bits per heavy atom. The molecule has 3 saturated heterocycles. The fraction of sp³-hybridized carbons (Fsp3) is 0.517. The van der Waals surface area contributed by atoms with Crippen LogP contribution in [0.25, 0.3) is 0 Å². The van der Waals surface area contributed by atoms with E-state index < -0.39 is 11.5 Å². The van der Waals surface area contributed by atoms with E-state index in [1.54, 1.807) is 12.4 Å². The number of nitrogens with zero attached hydrogens (tertiary/aromatic N) is 4. The van der Waals surface area contributed by atoms with Crippen LogP contribution in [-0.2, 0) is 26.3 Å². The van der Waals surface area contributed by atoms with E-state index in [-0.39, 0.29) is 23.8 Å². The van der Waals surface area contributed by atoms with E-state index in [2.05, 4.69) is 15.2 Å². The first-order chi connectivity index (χ1) is 18.1. The van der Waals surface area contributed by atoms with Crippen molar-refractivity contribution in [3.05, 3.63) is 59.9 Å². The lowest BCUT2D eigenvalue weighted by molar-refractivity contribution is -0.138. The van der Waals surface area contributed by atoms with Crippen LogP contribution in [0.1, 0.15) is 49.7 Å². The molecule has 6 rings (SSSR count). The van der Waals surface area contributed by atoms with Gasteiger partial charge in [-0.05, 0) is 62.8 Å². The molecule has 8 nitrogen and oxygen atoms in total. The van der Waals surface area contributed by atoms with Crippen LogP contribution in [-0.4, -0.2) is 71.3 Å². The van der Waals surface area contributed by atoms with E-state index in [1.165, 1.54) is 0 Å². The zero-order valence-electron chi connectivity index (χ0n) is 21.3. The van der Waals surface area contributed by atoms with Crippen LogP contribution < -0.4 is 10.2 Å². The van der Waals surface area contributed by atoms with Gasteiger partial charge in [0.25, 0.3) is 5.91 Å². The molecule has 1 aromatic carbocycles. The molecule has 0 radical (unpaired) electrons. The number of pyridine rings is 1. The Kier molecular flexibility index (Phi) is 6.44. The second-order valence-corrected chi connectivity index (χ2v) is 10.8. The summed E-state index contributed by atoms with van der Waals surface area (Å²) in [7, 11) is 0. The van der Waals surface area contributed by atoms with Crippen LogP contribution >= 0.6 is 0 Å². The fourth-order valence-electron chi connectivity index (χ4n) is 7.12. The van der Waals surface area contributed by atoms with Crippen molar-refractivity contribution in [1.82, 2.24) is 20.1 Å². The van der Waals surface area contributed by atoms with E-state index in [9.17, 15) is 14.4 Å². The molecule has 3 fully saturated rings. The Morgan fingerprint density at radius 3 is 2.76 bits per heavy atom. The predicted octanol–water partition coefficient (Wildman–Crippen LogP) is 2.48. The number of nitrogens with one attached hydrogen (secondary N) is 1. The minimum atomic E-state index is -0.908. The first kappa shape index (κ1) is 24.1. The van der Waals surface area contributed by atoms with Crippen molar-refractivity contribution in [2.45, 2.75) is 56.5 Å². The number of aryl methyl sites for hydroxylation is 1. The largest absolute Gasteiger partial charge is 0.356 e. The molecule has 37 heavy (non-hydrogen) atoms. The molecule has 0 saturated carbocycles. The van der Waals surface area contributed by atoms with Crippen LogP contribution in [0.3, 0.4) is 0 Å². The molecule has 1 spiro atoms. The number of para-hydroxylation sites is 1. The number of hydrogen-bond acceptors (Lipinski definition) is 5. The minimum Gasteiger partial charge on any atom is -0.356 e. The summed E-state index contributed by atoms with van der Waals surface area (Å²) < 4.78 is 0. The van der Waals surface area contributed by atoms with Crippen LogP contribution in [0.2, 0.25) is 0 Å². The van der Waals surface area contributed by atoms with Crippen LogP contribution in [0, 0.1) is 5.92 Å². The van der Waals surface area contributed by atoms with Gasteiger partial charge in [0.05, 0.1) is 5.92 Å².